The van der Waals surface area contributed by atoms with Gasteiger partial charge in [0.15, 0.2) is 0 Å². The van der Waals surface area contributed by atoms with Crippen LogP contribution in [-0.4, -0.2) is 12.3 Å². The average molecular weight is 537 g/mol. The molecule has 0 amide bonds. The zero-order chi connectivity index (χ0) is 28.1. The Labute approximate surface area is 240 Å². The third-order valence-corrected chi connectivity index (χ3v) is 9.20. The van der Waals surface area contributed by atoms with Gasteiger partial charge in [-0.3, -0.25) is 0 Å². The minimum Gasteiger partial charge on any atom is -0.373 e. The monoisotopic (exact) mass is 536 g/mol. The summed E-state index contributed by atoms with van der Waals surface area (Å²) in [4.78, 5) is 0. The minimum absolute atomic E-state index is 0.0415. The zero-order valence-electron chi connectivity index (χ0n) is 25.7. The van der Waals surface area contributed by atoms with E-state index in [9.17, 15) is 0 Å². The summed E-state index contributed by atoms with van der Waals surface area (Å²) in [6.45, 7) is 12.0. The van der Waals surface area contributed by atoms with E-state index in [1.165, 1.54) is 36.8 Å². The van der Waals surface area contributed by atoms with Crippen molar-refractivity contribution in [3.8, 4) is 0 Å². The lowest BCUT2D eigenvalue weighted by atomic mass is 9.70. The molecule has 0 N–H and O–H groups in total. The summed E-state index contributed by atoms with van der Waals surface area (Å²) in [5.74, 6) is 2.87. The molecule has 218 valence electrons. The van der Waals surface area contributed by atoms with Crippen LogP contribution in [0.2, 0.25) is 0 Å². The van der Waals surface area contributed by atoms with E-state index >= 15 is 4.39 Å². The van der Waals surface area contributed by atoms with Gasteiger partial charge < -0.3 is 4.74 Å². The highest BCUT2D eigenvalue weighted by atomic mass is 19.1. The minimum atomic E-state index is -1.07. The number of hydrogen-bond donors (Lipinski definition) is 0. The second-order valence-corrected chi connectivity index (χ2v) is 13.5. The lowest BCUT2D eigenvalue weighted by Gasteiger charge is -2.39. The van der Waals surface area contributed by atoms with Crippen molar-refractivity contribution in [3.63, 3.8) is 0 Å². The fraction of sp³-hybridized carbons (Fsp3) is 0.676. The average Bonchev–Trinajstić information content (AvgIpc) is 2.94. The summed E-state index contributed by atoms with van der Waals surface area (Å²) in [7, 11) is 0. The van der Waals surface area contributed by atoms with Crippen LogP contribution in [0.3, 0.4) is 0 Å². The summed E-state index contributed by atoms with van der Waals surface area (Å²) in [6, 6.07) is 21.6. The number of hydrogen-bond acceptors (Lipinski definition) is 1. The van der Waals surface area contributed by atoms with Gasteiger partial charge in [0.05, 0.1) is 6.10 Å². The maximum Gasteiger partial charge on any atom is 0.111 e. The first-order valence-corrected chi connectivity index (χ1v) is 16.1. The van der Waals surface area contributed by atoms with Crippen molar-refractivity contribution in [1.82, 2.24) is 0 Å². The molecule has 1 fully saturated rings. The van der Waals surface area contributed by atoms with E-state index in [1.54, 1.807) is 0 Å². The van der Waals surface area contributed by atoms with Crippen molar-refractivity contribution in [2.75, 3.05) is 6.61 Å². The van der Waals surface area contributed by atoms with Crippen LogP contribution in [0.15, 0.2) is 60.7 Å². The fourth-order valence-electron chi connectivity index (χ4n) is 6.48. The van der Waals surface area contributed by atoms with Gasteiger partial charge >= 0.3 is 0 Å². The fourth-order valence-corrected chi connectivity index (χ4v) is 6.48. The van der Waals surface area contributed by atoms with Crippen LogP contribution in [0.5, 0.6) is 0 Å². The molecule has 0 aliphatic heterocycles. The van der Waals surface area contributed by atoms with Crippen LogP contribution in [0, 0.1) is 29.6 Å². The second-order valence-electron chi connectivity index (χ2n) is 13.5. The van der Waals surface area contributed by atoms with Crippen LogP contribution >= 0.6 is 0 Å². The summed E-state index contributed by atoms with van der Waals surface area (Å²) in [6.07, 6.45) is 12.1. The third-order valence-electron chi connectivity index (χ3n) is 9.20. The van der Waals surface area contributed by atoms with E-state index in [1.807, 2.05) is 0 Å². The summed E-state index contributed by atoms with van der Waals surface area (Å²) >= 11 is 0. The third kappa shape index (κ3) is 11.4. The van der Waals surface area contributed by atoms with E-state index in [2.05, 4.69) is 95.3 Å². The summed E-state index contributed by atoms with van der Waals surface area (Å²) < 4.78 is 23.5. The lowest BCUT2D eigenvalue weighted by molar-refractivity contribution is -0.0304. The van der Waals surface area contributed by atoms with Crippen molar-refractivity contribution in [2.24, 2.45) is 29.6 Å². The van der Waals surface area contributed by atoms with Gasteiger partial charge in [-0.25, -0.2) is 4.39 Å². The van der Waals surface area contributed by atoms with Gasteiger partial charge in [-0.15, -0.1) is 0 Å². The Morgan fingerprint density at radius 1 is 0.769 bits per heavy atom. The van der Waals surface area contributed by atoms with Gasteiger partial charge in [0.2, 0.25) is 0 Å². The van der Waals surface area contributed by atoms with Crippen molar-refractivity contribution < 1.29 is 9.13 Å². The first kappa shape index (κ1) is 31.9. The molecule has 0 spiro atoms. The molecule has 2 heteroatoms. The molecule has 2 atom stereocenters. The Morgan fingerprint density at radius 3 is 1.87 bits per heavy atom. The van der Waals surface area contributed by atoms with Crippen LogP contribution in [0.25, 0.3) is 0 Å². The van der Waals surface area contributed by atoms with Crippen molar-refractivity contribution in [2.45, 2.75) is 123 Å². The Hall–Kier alpha value is -1.67. The molecule has 1 saturated carbocycles. The molecule has 3 rings (SSSR count). The van der Waals surface area contributed by atoms with Crippen LogP contribution in [0.1, 0.15) is 122 Å². The quantitative estimate of drug-likeness (QED) is 0.183. The molecule has 2 aromatic carbocycles. The molecule has 2 aromatic rings. The van der Waals surface area contributed by atoms with Crippen LogP contribution < -0.4 is 0 Å². The molecule has 2 unspecified atom stereocenters. The van der Waals surface area contributed by atoms with Crippen LogP contribution in [-0.2, 0) is 11.2 Å². The normalized spacial score (nSPS) is 19.9. The Morgan fingerprint density at radius 2 is 1.31 bits per heavy atom. The maximum atomic E-state index is 16.6. The molecule has 0 saturated heterocycles. The molecule has 1 nitrogen and oxygen atoms in total. The van der Waals surface area contributed by atoms with E-state index in [-0.39, 0.29) is 6.10 Å². The SMILES string of the molecule is CC(C)CCC(F)(CCC(C)C)CCC(C1CCC(C)CC1)C(OCCCc1ccccc1)c1ccccc1. The molecule has 0 radical (unpaired) electrons. The predicted molar refractivity (Wildman–Crippen MR) is 166 cm³/mol. The van der Waals surface area contributed by atoms with Gasteiger partial charge in [0.25, 0.3) is 0 Å². The molecule has 0 bridgehead atoms. The van der Waals surface area contributed by atoms with E-state index in [0.717, 1.165) is 44.6 Å². The molecule has 1 aliphatic rings. The Kier molecular flexibility index (Phi) is 13.5. The molecular formula is C37H57FO. The van der Waals surface area contributed by atoms with Crippen LogP contribution in [0.4, 0.5) is 4.39 Å². The van der Waals surface area contributed by atoms with Gasteiger partial charge in [0, 0.05) is 6.61 Å². The largest absolute Gasteiger partial charge is 0.373 e. The lowest BCUT2D eigenvalue weighted by Crippen LogP contribution is -2.31. The molecule has 39 heavy (non-hydrogen) atoms. The van der Waals surface area contributed by atoms with E-state index < -0.39 is 5.67 Å². The van der Waals surface area contributed by atoms with Crippen molar-refractivity contribution >= 4 is 0 Å². The highest BCUT2D eigenvalue weighted by Gasteiger charge is 2.37. The smallest absolute Gasteiger partial charge is 0.111 e. The summed E-state index contributed by atoms with van der Waals surface area (Å²) in [5.41, 5.74) is 1.57. The van der Waals surface area contributed by atoms with Crippen molar-refractivity contribution in [1.29, 1.82) is 0 Å². The maximum absolute atomic E-state index is 16.6. The van der Waals surface area contributed by atoms with E-state index in [4.69, 9.17) is 4.74 Å². The van der Waals surface area contributed by atoms with Crippen molar-refractivity contribution in [3.05, 3.63) is 71.8 Å². The van der Waals surface area contributed by atoms with Gasteiger partial charge in [-0.2, -0.15) is 0 Å². The second kappa shape index (κ2) is 16.6. The topological polar surface area (TPSA) is 9.23 Å². The highest BCUT2D eigenvalue weighted by Crippen LogP contribution is 2.45. The zero-order valence-corrected chi connectivity index (χ0v) is 25.7. The number of aryl methyl sites for hydroxylation is 1. The number of benzene rings is 2. The molecule has 0 heterocycles. The highest BCUT2D eigenvalue weighted by molar-refractivity contribution is 5.19. The van der Waals surface area contributed by atoms with Gasteiger partial charge in [-0.05, 0) is 105 Å². The summed E-state index contributed by atoms with van der Waals surface area (Å²) in [5, 5.41) is 0. The Balaban J connectivity index is 1.78. The first-order valence-electron chi connectivity index (χ1n) is 16.1. The number of alkyl halides is 1. The van der Waals surface area contributed by atoms with Gasteiger partial charge in [0.1, 0.15) is 5.67 Å². The van der Waals surface area contributed by atoms with E-state index in [0.29, 0.717) is 42.9 Å². The molecular weight excluding hydrogens is 479 g/mol. The number of halogens is 1. The molecule has 0 aromatic heterocycles. The standard InChI is InChI=1S/C37H57FO/c1-29(2)22-25-37(38,26-23-30(3)4)27-24-35(33-20-18-31(5)19-21-33)36(34-16-10-7-11-17-34)39-28-12-15-32-13-8-6-9-14-32/h6-11,13-14,16-17,29-31,33,35-36H,12,15,18-28H2,1-5H3. The number of rotatable bonds is 17. The van der Waals surface area contributed by atoms with Gasteiger partial charge in [-0.1, -0.05) is 108 Å². The predicted octanol–water partition coefficient (Wildman–Crippen LogP) is 11.2. The number of ether oxygens (including phenoxy) is 1. The molecule has 1 aliphatic carbocycles. The first-order chi connectivity index (χ1) is 18.8. The Bertz CT molecular complexity index is 872.